The van der Waals surface area contributed by atoms with E-state index in [9.17, 15) is 5.11 Å². The van der Waals surface area contributed by atoms with E-state index in [2.05, 4.69) is 17.0 Å². The first-order chi connectivity index (χ1) is 8.83. The Morgan fingerprint density at radius 3 is 3.00 bits per heavy atom. The molecule has 2 fully saturated rings. The van der Waals surface area contributed by atoms with E-state index in [-0.39, 0.29) is 6.10 Å². The highest BCUT2D eigenvalue weighted by Gasteiger charge is 2.52. The lowest BCUT2D eigenvalue weighted by Gasteiger charge is -2.12. The van der Waals surface area contributed by atoms with E-state index < -0.39 is 0 Å². The second-order valence-corrected chi connectivity index (χ2v) is 5.42. The van der Waals surface area contributed by atoms with Crippen molar-refractivity contribution in [2.24, 2.45) is 0 Å². The lowest BCUT2D eigenvalue weighted by atomic mass is 9.98. The fourth-order valence-corrected chi connectivity index (χ4v) is 3.35. The SMILES string of the molecule is O[C@@H]1CCC[C@H]2[C@@H]1N2Cc1ccc2c(c1)OCO2. The molecule has 3 aliphatic rings. The molecule has 18 heavy (non-hydrogen) atoms. The third-order valence-corrected chi connectivity index (χ3v) is 4.31. The number of fused-ring (bicyclic) bond motifs is 2. The Kier molecular flexibility index (Phi) is 2.29. The number of aliphatic hydroxyl groups excluding tert-OH is 1. The first-order valence-corrected chi connectivity index (χ1v) is 6.65. The first kappa shape index (κ1) is 10.6. The Morgan fingerprint density at radius 2 is 2.11 bits per heavy atom. The van der Waals surface area contributed by atoms with Crippen LogP contribution in [0.3, 0.4) is 0 Å². The minimum absolute atomic E-state index is 0.127. The van der Waals surface area contributed by atoms with E-state index in [0.29, 0.717) is 18.9 Å². The number of rotatable bonds is 2. The molecule has 0 radical (unpaired) electrons. The minimum Gasteiger partial charge on any atom is -0.454 e. The highest BCUT2D eigenvalue weighted by Crippen LogP contribution is 2.42. The second kappa shape index (κ2) is 3.87. The van der Waals surface area contributed by atoms with E-state index in [1.807, 2.05) is 6.07 Å². The monoisotopic (exact) mass is 247 g/mol. The standard InChI is InChI=1S/C14H17NO3/c16-11-3-1-2-10-14(11)15(10)7-9-4-5-12-13(6-9)18-8-17-12/h4-6,10-11,14,16H,1-3,7-8H2/t10-,11+,14-,15?/m0/s1. The van der Waals surface area contributed by atoms with Crippen LogP contribution < -0.4 is 9.47 Å². The number of benzene rings is 1. The average molecular weight is 247 g/mol. The van der Waals surface area contributed by atoms with E-state index in [0.717, 1.165) is 30.9 Å². The molecule has 1 unspecified atom stereocenters. The lowest BCUT2D eigenvalue weighted by molar-refractivity contribution is 0.136. The van der Waals surface area contributed by atoms with Gasteiger partial charge in [0, 0.05) is 12.6 Å². The Labute approximate surface area is 106 Å². The summed E-state index contributed by atoms with van der Waals surface area (Å²) in [5, 5.41) is 9.94. The molecule has 0 bridgehead atoms. The van der Waals surface area contributed by atoms with Crippen molar-refractivity contribution in [1.29, 1.82) is 0 Å². The molecule has 4 rings (SSSR count). The van der Waals surface area contributed by atoms with Crippen molar-refractivity contribution in [3.8, 4) is 11.5 Å². The molecule has 1 aromatic carbocycles. The number of nitrogens with zero attached hydrogens (tertiary/aromatic N) is 1. The highest BCUT2D eigenvalue weighted by atomic mass is 16.7. The Hall–Kier alpha value is -1.26. The van der Waals surface area contributed by atoms with E-state index in [1.54, 1.807) is 0 Å². The van der Waals surface area contributed by atoms with Crippen LogP contribution in [0.5, 0.6) is 11.5 Å². The van der Waals surface area contributed by atoms with Crippen LogP contribution in [0.1, 0.15) is 24.8 Å². The zero-order chi connectivity index (χ0) is 12.1. The van der Waals surface area contributed by atoms with Crippen LogP contribution in [0.25, 0.3) is 0 Å². The van der Waals surface area contributed by atoms with E-state index >= 15 is 0 Å². The maximum Gasteiger partial charge on any atom is 0.231 e. The molecular weight excluding hydrogens is 230 g/mol. The van der Waals surface area contributed by atoms with Gasteiger partial charge < -0.3 is 14.6 Å². The lowest BCUT2D eigenvalue weighted by Crippen LogP contribution is -2.22. The summed E-state index contributed by atoms with van der Waals surface area (Å²) in [5.41, 5.74) is 1.24. The molecule has 4 nitrogen and oxygen atoms in total. The van der Waals surface area contributed by atoms with E-state index in [1.165, 1.54) is 12.0 Å². The van der Waals surface area contributed by atoms with Gasteiger partial charge in [-0.1, -0.05) is 6.07 Å². The number of aliphatic hydroxyl groups is 1. The van der Waals surface area contributed by atoms with Crippen molar-refractivity contribution in [2.75, 3.05) is 6.79 Å². The summed E-state index contributed by atoms with van der Waals surface area (Å²) < 4.78 is 10.7. The molecule has 0 spiro atoms. The molecule has 4 atom stereocenters. The molecule has 96 valence electrons. The van der Waals surface area contributed by atoms with Gasteiger partial charge in [0.1, 0.15) is 0 Å². The zero-order valence-corrected chi connectivity index (χ0v) is 10.2. The fraction of sp³-hybridized carbons (Fsp3) is 0.571. The highest BCUT2D eigenvalue weighted by molar-refractivity contribution is 5.44. The van der Waals surface area contributed by atoms with Crippen LogP contribution in [-0.2, 0) is 6.54 Å². The number of ether oxygens (including phenoxy) is 2. The van der Waals surface area contributed by atoms with Gasteiger partial charge in [-0.3, -0.25) is 4.90 Å². The Bertz CT molecular complexity index is 476. The van der Waals surface area contributed by atoms with Crippen LogP contribution in [0, 0.1) is 0 Å². The molecule has 4 heteroatoms. The quantitative estimate of drug-likeness (QED) is 0.804. The Morgan fingerprint density at radius 1 is 1.22 bits per heavy atom. The summed E-state index contributed by atoms with van der Waals surface area (Å²) in [4.78, 5) is 2.40. The molecule has 0 amide bonds. The molecule has 1 saturated carbocycles. The van der Waals surface area contributed by atoms with Crippen molar-refractivity contribution >= 4 is 0 Å². The van der Waals surface area contributed by atoms with Gasteiger partial charge in [-0.2, -0.15) is 0 Å². The predicted molar refractivity (Wildman–Crippen MR) is 65.5 cm³/mol. The van der Waals surface area contributed by atoms with Gasteiger partial charge in [-0.05, 0) is 37.0 Å². The van der Waals surface area contributed by atoms with Crippen molar-refractivity contribution in [3.63, 3.8) is 0 Å². The van der Waals surface area contributed by atoms with Gasteiger partial charge in [-0.25, -0.2) is 0 Å². The number of hydrogen-bond acceptors (Lipinski definition) is 4. The van der Waals surface area contributed by atoms with Crippen molar-refractivity contribution in [1.82, 2.24) is 4.90 Å². The van der Waals surface area contributed by atoms with Crippen LogP contribution in [0.2, 0.25) is 0 Å². The molecule has 1 N–H and O–H groups in total. The summed E-state index contributed by atoms with van der Waals surface area (Å²) in [7, 11) is 0. The number of hydrogen-bond donors (Lipinski definition) is 1. The van der Waals surface area contributed by atoms with Gasteiger partial charge in [-0.15, -0.1) is 0 Å². The summed E-state index contributed by atoms with van der Waals surface area (Å²) in [6, 6.07) is 7.10. The van der Waals surface area contributed by atoms with Gasteiger partial charge in [0.2, 0.25) is 6.79 Å². The molecule has 1 saturated heterocycles. The molecule has 0 aromatic heterocycles. The summed E-state index contributed by atoms with van der Waals surface area (Å²) in [5.74, 6) is 1.68. The van der Waals surface area contributed by atoms with Crippen molar-refractivity contribution in [2.45, 2.75) is 44.0 Å². The minimum atomic E-state index is -0.127. The normalized spacial score (nSPS) is 36.3. The number of likely N-dealkylation sites (tertiary alicyclic amines) is 1. The van der Waals surface area contributed by atoms with Crippen LogP contribution in [0.15, 0.2) is 18.2 Å². The summed E-state index contributed by atoms with van der Waals surface area (Å²) in [6.07, 6.45) is 3.21. The van der Waals surface area contributed by atoms with Gasteiger partial charge >= 0.3 is 0 Å². The predicted octanol–water partition coefficient (Wildman–Crippen LogP) is 1.51. The maximum absolute atomic E-state index is 9.94. The van der Waals surface area contributed by atoms with Gasteiger partial charge in [0.25, 0.3) is 0 Å². The summed E-state index contributed by atoms with van der Waals surface area (Å²) in [6.45, 7) is 1.23. The average Bonchev–Trinajstić information content (AvgIpc) is 2.87. The molecule has 1 aliphatic carbocycles. The topological polar surface area (TPSA) is 41.7 Å². The fourth-order valence-electron chi connectivity index (χ4n) is 3.35. The molecule has 2 aliphatic heterocycles. The zero-order valence-electron chi connectivity index (χ0n) is 10.2. The molecule has 2 heterocycles. The van der Waals surface area contributed by atoms with E-state index in [4.69, 9.17) is 9.47 Å². The van der Waals surface area contributed by atoms with Crippen LogP contribution in [-0.4, -0.2) is 35.0 Å². The van der Waals surface area contributed by atoms with Gasteiger partial charge in [0.15, 0.2) is 11.5 Å². The van der Waals surface area contributed by atoms with Crippen LogP contribution in [0.4, 0.5) is 0 Å². The van der Waals surface area contributed by atoms with Gasteiger partial charge in [0.05, 0.1) is 12.1 Å². The summed E-state index contributed by atoms with van der Waals surface area (Å²) >= 11 is 0. The third-order valence-electron chi connectivity index (χ3n) is 4.31. The second-order valence-electron chi connectivity index (χ2n) is 5.42. The Balaban J connectivity index is 1.49. The third kappa shape index (κ3) is 1.60. The van der Waals surface area contributed by atoms with Crippen molar-refractivity contribution in [3.05, 3.63) is 23.8 Å². The van der Waals surface area contributed by atoms with Crippen LogP contribution >= 0.6 is 0 Å². The first-order valence-electron chi connectivity index (χ1n) is 6.65. The maximum atomic E-state index is 9.94. The molecule has 1 aromatic rings. The smallest absolute Gasteiger partial charge is 0.231 e. The largest absolute Gasteiger partial charge is 0.454 e. The molecular formula is C14H17NO3. The van der Waals surface area contributed by atoms with Crippen molar-refractivity contribution < 1.29 is 14.6 Å².